The average Bonchev–Trinajstić information content (AvgIpc) is 2.43. The lowest BCUT2D eigenvalue weighted by atomic mass is 10.2. The minimum Gasteiger partial charge on any atom is -0.480 e. The highest BCUT2D eigenvalue weighted by atomic mass is 16.5. The first kappa shape index (κ1) is 17.2. The van der Waals surface area contributed by atoms with Gasteiger partial charge in [0.1, 0.15) is 12.1 Å². The molecule has 1 aliphatic rings. The van der Waals surface area contributed by atoms with E-state index in [1.54, 1.807) is 6.92 Å². The summed E-state index contributed by atoms with van der Waals surface area (Å²) >= 11 is 0. The van der Waals surface area contributed by atoms with Crippen molar-refractivity contribution in [3.8, 4) is 0 Å². The van der Waals surface area contributed by atoms with Gasteiger partial charge in [-0.1, -0.05) is 6.92 Å². The van der Waals surface area contributed by atoms with Crippen LogP contribution >= 0.6 is 0 Å². The maximum Gasteiger partial charge on any atom is 0.326 e. The van der Waals surface area contributed by atoms with Gasteiger partial charge in [0.05, 0.1) is 13.2 Å². The molecule has 0 saturated carbocycles. The summed E-state index contributed by atoms with van der Waals surface area (Å²) in [6.45, 7) is 5.99. The van der Waals surface area contributed by atoms with Crippen molar-refractivity contribution in [3.63, 3.8) is 0 Å². The third-order valence-corrected chi connectivity index (χ3v) is 3.13. The number of hydrogen-bond acceptors (Lipinski definition) is 4. The third-order valence-electron chi connectivity index (χ3n) is 3.13. The van der Waals surface area contributed by atoms with Crippen LogP contribution in [0.5, 0.6) is 0 Å². The van der Waals surface area contributed by atoms with Gasteiger partial charge in [-0.15, -0.1) is 0 Å². The van der Waals surface area contributed by atoms with Gasteiger partial charge in [-0.2, -0.15) is 0 Å². The fourth-order valence-electron chi connectivity index (χ4n) is 2.02. The Kier molecular flexibility index (Phi) is 6.41. The van der Waals surface area contributed by atoms with Crippen molar-refractivity contribution in [2.24, 2.45) is 0 Å². The fraction of sp³-hybridized carbons (Fsp3) is 0.769. The van der Waals surface area contributed by atoms with E-state index in [4.69, 9.17) is 9.84 Å². The molecule has 1 heterocycles. The van der Waals surface area contributed by atoms with Gasteiger partial charge in [-0.25, -0.2) is 9.59 Å². The second-order valence-electron chi connectivity index (χ2n) is 5.20. The van der Waals surface area contributed by atoms with Crippen LogP contribution < -0.4 is 10.6 Å². The molecule has 0 radical (unpaired) electrons. The number of amides is 3. The molecule has 1 saturated heterocycles. The number of carbonyl (C=O) groups excluding carboxylic acids is 2. The smallest absolute Gasteiger partial charge is 0.326 e. The number of carboxylic acids is 1. The highest BCUT2D eigenvalue weighted by Gasteiger charge is 2.34. The lowest BCUT2D eigenvalue weighted by Crippen LogP contribution is -2.60. The lowest BCUT2D eigenvalue weighted by Gasteiger charge is -2.35. The maximum absolute atomic E-state index is 12.2. The van der Waals surface area contributed by atoms with Crippen LogP contribution in [0, 0.1) is 0 Å². The van der Waals surface area contributed by atoms with Crippen molar-refractivity contribution in [1.29, 1.82) is 0 Å². The topological polar surface area (TPSA) is 108 Å². The molecule has 1 fully saturated rings. The van der Waals surface area contributed by atoms with E-state index in [1.165, 1.54) is 4.90 Å². The molecule has 0 spiro atoms. The molecule has 0 aromatic rings. The van der Waals surface area contributed by atoms with E-state index in [0.717, 1.165) is 0 Å². The molecule has 0 bridgehead atoms. The molecular formula is C13H23N3O5. The van der Waals surface area contributed by atoms with E-state index in [-0.39, 0.29) is 31.5 Å². The Balaban J connectivity index is 2.73. The van der Waals surface area contributed by atoms with Crippen LogP contribution in [-0.4, -0.2) is 65.8 Å². The number of aliphatic carboxylic acids is 1. The Morgan fingerprint density at radius 2 is 2.00 bits per heavy atom. The molecule has 0 aromatic carbocycles. The Morgan fingerprint density at radius 3 is 2.52 bits per heavy atom. The van der Waals surface area contributed by atoms with Crippen LogP contribution in [0.1, 0.15) is 27.2 Å². The van der Waals surface area contributed by atoms with Crippen LogP contribution in [0.2, 0.25) is 0 Å². The number of hydrogen-bond donors (Lipinski definition) is 3. The first-order valence-corrected chi connectivity index (χ1v) is 7.04. The number of morpholine rings is 1. The Hall–Kier alpha value is -1.83. The SMILES string of the molecule is CC[C@@H](NC(=O)N1CCOCC1C(=O)NC(C)C)C(=O)O. The fourth-order valence-corrected chi connectivity index (χ4v) is 2.02. The monoisotopic (exact) mass is 301 g/mol. The van der Waals surface area contributed by atoms with Gasteiger partial charge < -0.3 is 25.4 Å². The first-order valence-electron chi connectivity index (χ1n) is 7.04. The zero-order valence-electron chi connectivity index (χ0n) is 12.6. The molecule has 0 aromatic heterocycles. The number of rotatable bonds is 5. The minimum atomic E-state index is -1.10. The summed E-state index contributed by atoms with van der Waals surface area (Å²) in [6.07, 6.45) is 0.272. The molecule has 2 atom stereocenters. The van der Waals surface area contributed by atoms with Crippen molar-refractivity contribution in [3.05, 3.63) is 0 Å². The van der Waals surface area contributed by atoms with Gasteiger partial charge in [0, 0.05) is 12.6 Å². The average molecular weight is 301 g/mol. The van der Waals surface area contributed by atoms with Gasteiger partial charge in [0.15, 0.2) is 0 Å². The molecule has 8 heteroatoms. The van der Waals surface area contributed by atoms with Crippen molar-refractivity contribution in [2.45, 2.75) is 45.3 Å². The van der Waals surface area contributed by atoms with E-state index >= 15 is 0 Å². The molecule has 8 nitrogen and oxygen atoms in total. The number of carboxylic acid groups (broad SMARTS) is 1. The van der Waals surface area contributed by atoms with Crippen molar-refractivity contribution in [1.82, 2.24) is 15.5 Å². The van der Waals surface area contributed by atoms with E-state index in [1.807, 2.05) is 13.8 Å². The summed E-state index contributed by atoms with van der Waals surface area (Å²) in [5, 5.41) is 14.1. The summed E-state index contributed by atoms with van der Waals surface area (Å²) in [6, 6.07) is -2.31. The van der Waals surface area contributed by atoms with Gasteiger partial charge in [0.2, 0.25) is 5.91 Å². The molecule has 3 amide bonds. The van der Waals surface area contributed by atoms with Crippen LogP contribution in [0.15, 0.2) is 0 Å². The number of carbonyl (C=O) groups is 3. The van der Waals surface area contributed by atoms with Crippen molar-refractivity contribution < 1.29 is 24.2 Å². The largest absolute Gasteiger partial charge is 0.480 e. The summed E-state index contributed by atoms with van der Waals surface area (Å²) in [5.74, 6) is -1.40. The molecule has 1 aliphatic heterocycles. The minimum absolute atomic E-state index is 0.0493. The van der Waals surface area contributed by atoms with Crippen LogP contribution in [0.3, 0.4) is 0 Å². The predicted octanol–water partition coefficient (Wildman–Crippen LogP) is -0.215. The zero-order chi connectivity index (χ0) is 16.0. The first-order chi connectivity index (χ1) is 9.86. The summed E-state index contributed by atoms with van der Waals surface area (Å²) in [5.41, 5.74) is 0. The Bertz CT molecular complexity index is 399. The van der Waals surface area contributed by atoms with Crippen LogP contribution in [0.4, 0.5) is 4.79 Å². The molecule has 0 aliphatic carbocycles. The highest BCUT2D eigenvalue weighted by molar-refractivity contribution is 5.89. The van der Waals surface area contributed by atoms with Crippen LogP contribution in [-0.2, 0) is 14.3 Å². The summed E-state index contributed by atoms with van der Waals surface area (Å²) in [4.78, 5) is 36.6. The maximum atomic E-state index is 12.2. The number of urea groups is 1. The van der Waals surface area contributed by atoms with E-state index in [2.05, 4.69) is 10.6 Å². The van der Waals surface area contributed by atoms with Crippen molar-refractivity contribution >= 4 is 17.9 Å². The van der Waals surface area contributed by atoms with Gasteiger partial charge in [-0.05, 0) is 20.3 Å². The third kappa shape index (κ3) is 4.89. The molecule has 3 N–H and O–H groups in total. The van der Waals surface area contributed by atoms with E-state index in [0.29, 0.717) is 6.61 Å². The van der Waals surface area contributed by atoms with E-state index in [9.17, 15) is 14.4 Å². The Labute approximate surface area is 123 Å². The zero-order valence-corrected chi connectivity index (χ0v) is 12.6. The quantitative estimate of drug-likeness (QED) is 0.651. The molecule has 1 unspecified atom stereocenters. The highest BCUT2D eigenvalue weighted by Crippen LogP contribution is 2.09. The van der Waals surface area contributed by atoms with Gasteiger partial charge >= 0.3 is 12.0 Å². The predicted molar refractivity (Wildman–Crippen MR) is 74.8 cm³/mol. The molecule has 21 heavy (non-hydrogen) atoms. The normalized spacial score (nSPS) is 20.0. The molecular weight excluding hydrogens is 278 g/mol. The number of nitrogens with zero attached hydrogens (tertiary/aromatic N) is 1. The summed E-state index contributed by atoms with van der Waals surface area (Å²) in [7, 11) is 0. The van der Waals surface area contributed by atoms with E-state index < -0.39 is 24.1 Å². The molecule has 120 valence electrons. The van der Waals surface area contributed by atoms with Gasteiger partial charge in [0.25, 0.3) is 0 Å². The standard InChI is InChI=1S/C13H23N3O5/c1-4-9(12(18)19)15-13(20)16-5-6-21-7-10(16)11(17)14-8(2)3/h8-10H,4-7H2,1-3H3,(H,14,17)(H,15,20)(H,18,19)/t9-,10?/m1/s1. The number of nitrogens with one attached hydrogen (secondary N) is 2. The van der Waals surface area contributed by atoms with Crippen molar-refractivity contribution in [2.75, 3.05) is 19.8 Å². The summed E-state index contributed by atoms with van der Waals surface area (Å²) < 4.78 is 5.25. The second-order valence-corrected chi connectivity index (χ2v) is 5.20. The second kappa shape index (κ2) is 7.82. The molecule has 1 rings (SSSR count). The van der Waals surface area contributed by atoms with Gasteiger partial charge in [-0.3, -0.25) is 4.79 Å². The number of ether oxygens (including phenoxy) is 1. The lowest BCUT2D eigenvalue weighted by molar-refractivity contribution is -0.139. The Morgan fingerprint density at radius 1 is 1.33 bits per heavy atom. The van der Waals surface area contributed by atoms with Crippen LogP contribution in [0.25, 0.3) is 0 Å².